The van der Waals surface area contributed by atoms with Crippen LogP contribution in [0.25, 0.3) is 0 Å². The molecule has 1 aliphatic heterocycles. The van der Waals surface area contributed by atoms with Crippen molar-refractivity contribution in [3.8, 4) is 0 Å². The maximum Gasteiger partial charge on any atom is 0.416 e. The number of methoxy groups -OCH3 is 1. The Kier molecular flexibility index (Phi) is 4.81. The Labute approximate surface area is 129 Å². The van der Waals surface area contributed by atoms with Gasteiger partial charge in [0.1, 0.15) is 0 Å². The van der Waals surface area contributed by atoms with Crippen LogP contribution in [0.15, 0.2) is 22.7 Å². The molecular formula is C14H15BrF3NO2. The Morgan fingerprint density at radius 1 is 1.43 bits per heavy atom. The highest BCUT2D eigenvalue weighted by atomic mass is 79.9. The quantitative estimate of drug-likeness (QED) is 0.745. The zero-order valence-corrected chi connectivity index (χ0v) is 13.0. The number of esters is 1. The van der Waals surface area contributed by atoms with Gasteiger partial charge in [-0.15, -0.1) is 0 Å². The molecule has 1 atom stereocenters. The summed E-state index contributed by atoms with van der Waals surface area (Å²) in [7, 11) is 1.34. The Morgan fingerprint density at radius 3 is 2.71 bits per heavy atom. The summed E-state index contributed by atoms with van der Waals surface area (Å²) < 4.78 is 43.1. The molecule has 0 radical (unpaired) electrons. The summed E-state index contributed by atoms with van der Waals surface area (Å²) in [5.74, 6) is -0.513. The number of halogens is 4. The van der Waals surface area contributed by atoms with Crippen LogP contribution in [0.5, 0.6) is 0 Å². The third-order valence-electron chi connectivity index (χ3n) is 3.57. The van der Waals surface area contributed by atoms with E-state index >= 15 is 0 Å². The third kappa shape index (κ3) is 3.70. The lowest BCUT2D eigenvalue weighted by atomic mass is 9.97. The van der Waals surface area contributed by atoms with E-state index in [0.717, 1.165) is 25.0 Å². The molecule has 21 heavy (non-hydrogen) atoms. The fraction of sp³-hybridized carbons (Fsp3) is 0.500. The number of hydrogen-bond donors (Lipinski definition) is 0. The molecule has 0 N–H and O–H groups in total. The highest BCUT2D eigenvalue weighted by Crippen LogP contribution is 2.36. The van der Waals surface area contributed by atoms with E-state index in [4.69, 9.17) is 4.74 Å². The van der Waals surface area contributed by atoms with Gasteiger partial charge in [0.25, 0.3) is 0 Å². The lowest BCUT2D eigenvalue weighted by molar-refractivity contribution is -0.145. The number of nitrogens with zero attached hydrogens (tertiary/aromatic N) is 1. The molecule has 0 saturated carbocycles. The van der Waals surface area contributed by atoms with Crippen molar-refractivity contribution in [3.05, 3.63) is 28.2 Å². The fourth-order valence-corrected chi connectivity index (χ4v) is 3.12. The van der Waals surface area contributed by atoms with E-state index in [-0.39, 0.29) is 11.9 Å². The minimum absolute atomic E-state index is 0.238. The molecule has 1 aromatic carbocycles. The molecule has 7 heteroatoms. The molecular weight excluding hydrogens is 351 g/mol. The molecule has 1 fully saturated rings. The first-order chi connectivity index (χ1) is 9.82. The van der Waals surface area contributed by atoms with Crippen molar-refractivity contribution in [1.29, 1.82) is 0 Å². The number of alkyl halides is 3. The monoisotopic (exact) mass is 365 g/mol. The minimum atomic E-state index is -4.36. The smallest absolute Gasteiger partial charge is 0.416 e. The molecule has 1 aliphatic rings. The van der Waals surface area contributed by atoms with Crippen molar-refractivity contribution in [3.63, 3.8) is 0 Å². The van der Waals surface area contributed by atoms with Gasteiger partial charge in [-0.1, -0.05) is 0 Å². The zero-order chi connectivity index (χ0) is 15.6. The average Bonchev–Trinajstić information content (AvgIpc) is 2.45. The first kappa shape index (κ1) is 16.1. The van der Waals surface area contributed by atoms with Gasteiger partial charge in [0.05, 0.1) is 24.3 Å². The van der Waals surface area contributed by atoms with Crippen LogP contribution in [0.1, 0.15) is 18.4 Å². The molecule has 1 heterocycles. The number of rotatable bonds is 2. The number of benzene rings is 1. The van der Waals surface area contributed by atoms with Gasteiger partial charge >= 0.3 is 12.1 Å². The summed E-state index contributed by atoms with van der Waals surface area (Å²) >= 11 is 3.19. The molecule has 0 aromatic heterocycles. The topological polar surface area (TPSA) is 29.5 Å². The second-order valence-corrected chi connectivity index (χ2v) is 5.83. The van der Waals surface area contributed by atoms with Crippen LogP contribution >= 0.6 is 15.9 Å². The summed E-state index contributed by atoms with van der Waals surface area (Å²) in [4.78, 5) is 13.5. The van der Waals surface area contributed by atoms with Crippen molar-refractivity contribution in [2.45, 2.75) is 19.0 Å². The van der Waals surface area contributed by atoms with E-state index in [9.17, 15) is 18.0 Å². The Bertz CT molecular complexity index is 533. The highest BCUT2D eigenvalue weighted by Gasteiger charge is 2.32. The molecule has 116 valence electrons. The van der Waals surface area contributed by atoms with Crippen LogP contribution in [-0.4, -0.2) is 26.2 Å². The molecule has 0 amide bonds. The number of anilines is 1. The van der Waals surface area contributed by atoms with Crippen LogP contribution in [0.4, 0.5) is 18.9 Å². The van der Waals surface area contributed by atoms with Gasteiger partial charge in [0.2, 0.25) is 0 Å². The van der Waals surface area contributed by atoms with Crippen molar-refractivity contribution in [1.82, 2.24) is 0 Å². The standard InChI is InChI=1S/C14H15BrF3NO2/c1-21-13(20)9-3-2-6-19(8-9)12-5-4-10(7-11(12)15)14(16,17)18/h4-5,7,9H,2-3,6,8H2,1H3. The maximum absolute atomic E-state index is 12.7. The second kappa shape index (κ2) is 6.25. The summed E-state index contributed by atoms with van der Waals surface area (Å²) in [6, 6.07) is 3.56. The fourth-order valence-electron chi connectivity index (χ4n) is 2.49. The maximum atomic E-state index is 12.7. The summed E-state index contributed by atoms with van der Waals surface area (Å²) in [5.41, 5.74) is -0.0312. The summed E-state index contributed by atoms with van der Waals surface area (Å²) in [5, 5.41) is 0. The van der Waals surface area contributed by atoms with Gasteiger partial charge in [0, 0.05) is 17.6 Å². The van der Waals surface area contributed by atoms with Crippen molar-refractivity contribution in [2.24, 2.45) is 5.92 Å². The normalized spacial score (nSPS) is 19.5. The van der Waals surface area contributed by atoms with Crippen LogP contribution in [0.3, 0.4) is 0 Å². The van der Waals surface area contributed by atoms with Crippen molar-refractivity contribution >= 4 is 27.6 Å². The zero-order valence-electron chi connectivity index (χ0n) is 11.4. The Morgan fingerprint density at radius 2 is 2.14 bits per heavy atom. The molecule has 0 aliphatic carbocycles. The number of carbonyl (C=O) groups excluding carboxylic acids is 1. The van der Waals surface area contributed by atoms with Gasteiger partial charge in [-0.25, -0.2) is 0 Å². The Hall–Kier alpha value is -1.24. The minimum Gasteiger partial charge on any atom is -0.469 e. The van der Waals surface area contributed by atoms with Gasteiger partial charge in [-0.05, 0) is 47.0 Å². The first-order valence-corrected chi connectivity index (χ1v) is 7.31. The van der Waals surface area contributed by atoms with E-state index in [2.05, 4.69) is 15.9 Å². The Balaban J connectivity index is 2.20. The molecule has 1 saturated heterocycles. The van der Waals surface area contributed by atoms with Crippen LogP contribution in [0, 0.1) is 5.92 Å². The van der Waals surface area contributed by atoms with E-state index in [0.29, 0.717) is 23.2 Å². The molecule has 0 bridgehead atoms. The largest absolute Gasteiger partial charge is 0.469 e. The first-order valence-electron chi connectivity index (χ1n) is 6.52. The summed E-state index contributed by atoms with van der Waals surface area (Å²) in [6.45, 7) is 1.16. The molecule has 1 aromatic rings. The van der Waals surface area contributed by atoms with Gasteiger partial charge in [-0.2, -0.15) is 13.2 Å². The van der Waals surface area contributed by atoms with Gasteiger partial charge in [0.15, 0.2) is 0 Å². The van der Waals surface area contributed by atoms with E-state index in [1.54, 1.807) is 0 Å². The number of carbonyl (C=O) groups is 1. The average molecular weight is 366 g/mol. The number of piperidine rings is 1. The number of hydrogen-bond acceptors (Lipinski definition) is 3. The van der Waals surface area contributed by atoms with Crippen molar-refractivity contribution < 1.29 is 22.7 Å². The lowest BCUT2D eigenvalue weighted by Crippen LogP contribution is -2.39. The van der Waals surface area contributed by atoms with E-state index in [1.165, 1.54) is 13.2 Å². The second-order valence-electron chi connectivity index (χ2n) is 4.97. The lowest BCUT2D eigenvalue weighted by Gasteiger charge is -2.33. The third-order valence-corrected chi connectivity index (χ3v) is 4.21. The van der Waals surface area contributed by atoms with E-state index < -0.39 is 11.7 Å². The van der Waals surface area contributed by atoms with Crippen LogP contribution in [0.2, 0.25) is 0 Å². The van der Waals surface area contributed by atoms with Gasteiger partial charge < -0.3 is 9.64 Å². The summed E-state index contributed by atoms with van der Waals surface area (Å²) in [6.07, 6.45) is -2.83. The molecule has 1 unspecified atom stereocenters. The van der Waals surface area contributed by atoms with Gasteiger partial charge in [-0.3, -0.25) is 4.79 Å². The predicted molar refractivity (Wildman–Crippen MR) is 76.1 cm³/mol. The van der Waals surface area contributed by atoms with Crippen molar-refractivity contribution in [2.75, 3.05) is 25.1 Å². The van der Waals surface area contributed by atoms with Crippen LogP contribution < -0.4 is 4.90 Å². The number of ether oxygens (including phenoxy) is 1. The predicted octanol–water partition coefficient (Wildman–Crippen LogP) is 3.86. The SMILES string of the molecule is COC(=O)C1CCCN(c2ccc(C(F)(F)F)cc2Br)C1. The van der Waals surface area contributed by atoms with E-state index in [1.807, 2.05) is 4.90 Å². The van der Waals surface area contributed by atoms with Crippen LogP contribution in [-0.2, 0) is 15.7 Å². The molecule has 3 nitrogen and oxygen atoms in total. The molecule has 2 rings (SSSR count). The highest BCUT2D eigenvalue weighted by molar-refractivity contribution is 9.10. The molecule has 0 spiro atoms.